The van der Waals surface area contributed by atoms with Gasteiger partial charge in [-0.25, -0.2) is 0 Å². The lowest BCUT2D eigenvalue weighted by Crippen LogP contribution is -2.41. The largest absolute Gasteiger partial charge is 0.488 e. The molecule has 1 heterocycles. The lowest BCUT2D eigenvalue weighted by atomic mass is 10.1. The van der Waals surface area contributed by atoms with Crippen LogP contribution in [0.4, 0.5) is 0 Å². The molecule has 0 bridgehead atoms. The Labute approximate surface area is 141 Å². The van der Waals surface area contributed by atoms with Crippen LogP contribution in [-0.4, -0.2) is 41.7 Å². The van der Waals surface area contributed by atoms with E-state index in [1.54, 1.807) is 37.3 Å². The summed E-state index contributed by atoms with van der Waals surface area (Å²) < 4.78 is 11.4. The fraction of sp³-hybridized carbons (Fsp3) is 0.316. The molecule has 3 rings (SSSR count). The average molecular weight is 327 g/mol. The van der Waals surface area contributed by atoms with E-state index in [1.807, 2.05) is 23.1 Å². The van der Waals surface area contributed by atoms with Crippen LogP contribution in [-0.2, 0) is 0 Å². The zero-order valence-corrected chi connectivity index (χ0v) is 13.6. The number of aliphatic hydroxyl groups is 1. The van der Waals surface area contributed by atoms with Crippen molar-refractivity contribution in [3.8, 4) is 17.2 Å². The molecule has 1 atom stereocenters. The molecule has 24 heavy (non-hydrogen) atoms. The quantitative estimate of drug-likeness (QED) is 0.886. The number of ether oxygens (including phenoxy) is 2. The van der Waals surface area contributed by atoms with Crippen molar-refractivity contribution >= 4 is 5.91 Å². The van der Waals surface area contributed by atoms with Crippen molar-refractivity contribution in [2.24, 2.45) is 0 Å². The van der Waals surface area contributed by atoms with E-state index in [-0.39, 0.29) is 18.6 Å². The number of amides is 1. The highest BCUT2D eigenvalue weighted by molar-refractivity contribution is 5.94. The lowest BCUT2D eigenvalue weighted by molar-refractivity contribution is 0.0652. The first-order valence-electron chi connectivity index (χ1n) is 8.10. The highest BCUT2D eigenvalue weighted by Crippen LogP contribution is 2.26. The zero-order valence-electron chi connectivity index (χ0n) is 13.6. The van der Waals surface area contributed by atoms with Gasteiger partial charge in [0.15, 0.2) is 0 Å². The SMILES string of the molecule is C[C@@H](CO)Oc1cccc(Oc2ccc(C(=O)N3CCC3)cc2)c1. The first kappa shape index (κ1) is 16.3. The molecular formula is C19H21NO4. The van der Waals surface area contributed by atoms with E-state index in [0.29, 0.717) is 22.8 Å². The number of hydrogen-bond donors (Lipinski definition) is 1. The van der Waals surface area contributed by atoms with Gasteiger partial charge in [0.05, 0.1) is 6.61 Å². The van der Waals surface area contributed by atoms with Gasteiger partial charge in [-0.2, -0.15) is 0 Å². The lowest BCUT2D eigenvalue weighted by Gasteiger charge is -2.30. The third kappa shape index (κ3) is 3.86. The smallest absolute Gasteiger partial charge is 0.253 e. The van der Waals surface area contributed by atoms with E-state index < -0.39 is 0 Å². The van der Waals surface area contributed by atoms with Crippen molar-refractivity contribution < 1.29 is 19.4 Å². The second kappa shape index (κ2) is 7.36. The van der Waals surface area contributed by atoms with Gasteiger partial charge in [0, 0.05) is 24.7 Å². The van der Waals surface area contributed by atoms with E-state index in [2.05, 4.69) is 0 Å². The summed E-state index contributed by atoms with van der Waals surface area (Å²) in [4.78, 5) is 14.0. The Hall–Kier alpha value is -2.53. The first-order valence-corrected chi connectivity index (χ1v) is 8.10. The Morgan fingerprint density at radius 2 is 1.83 bits per heavy atom. The molecule has 0 aromatic heterocycles. The fourth-order valence-electron chi connectivity index (χ4n) is 2.38. The molecule has 5 nitrogen and oxygen atoms in total. The predicted molar refractivity (Wildman–Crippen MR) is 90.7 cm³/mol. The number of rotatable bonds is 6. The number of hydrogen-bond acceptors (Lipinski definition) is 4. The second-order valence-electron chi connectivity index (χ2n) is 5.86. The molecule has 2 aromatic carbocycles. The summed E-state index contributed by atoms with van der Waals surface area (Å²) in [5.41, 5.74) is 0.677. The van der Waals surface area contributed by atoms with Crippen molar-refractivity contribution in [3.05, 3.63) is 54.1 Å². The number of likely N-dealkylation sites (tertiary alicyclic amines) is 1. The van der Waals surface area contributed by atoms with Gasteiger partial charge in [-0.15, -0.1) is 0 Å². The minimum Gasteiger partial charge on any atom is -0.488 e. The molecule has 126 valence electrons. The molecule has 1 aliphatic rings. The van der Waals surface area contributed by atoms with Gasteiger partial charge in [0.25, 0.3) is 5.91 Å². The van der Waals surface area contributed by atoms with Gasteiger partial charge in [-0.1, -0.05) is 6.07 Å². The van der Waals surface area contributed by atoms with Gasteiger partial charge in [-0.3, -0.25) is 4.79 Å². The summed E-state index contributed by atoms with van der Waals surface area (Å²) in [5.74, 6) is 2.00. The summed E-state index contributed by atoms with van der Waals surface area (Å²) in [6.45, 7) is 3.44. The maximum absolute atomic E-state index is 12.1. The zero-order chi connectivity index (χ0) is 16.9. The monoisotopic (exact) mass is 327 g/mol. The minimum absolute atomic E-state index is 0.0441. The predicted octanol–water partition coefficient (Wildman–Crippen LogP) is 3.08. The van der Waals surface area contributed by atoms with Crippen LogP contribution in [0.1, 0.15) is 23.7 Å². The summed E-state index contributed by atoms with van der Waals surface area (Å²) in [5, 5.41) is 9.05. The molecule has 0 radical (unpaired) electrons. The third-order valence-corrected chi connectivity index (χ3v) is 3.88. The van der Waals surface area contributed by atoms with E-state index >= 15 is 0 Å². The number of nitrogens with zero attached hydrogens (tertiary/aromatic N) is 1. The second-order valence-corrected chi connectivity index (χ2v) is 5.86. The van der Waals surface area contributed by atoms with Crippen LogP contribution >= 0.6 is 0 Å². The fourth-order valence-corrected chi connectivity index (χ4v) is 2.38. The molecule has 1 saturated heterocycles. The third-order valence-electron chi connectivity index (χ3n) is 3.88. The number of benzene rings is 2. The minimum atomic E-state index is -0.271. The van der Waals surface area contributed by atoms with Gasteiger partial charge >= 0.3 is 0 Å². The van der Waals surface area contributed by atoms with Crippen LogP contribution in [0.3, 0.4) is 0 Å². The van der Waals surface area contributed by atoms with Gasteiger partial charge in [0.1, 0.15) is 23.4 Å². The Kier molecular flexibility index (Phi) is 5.01. The molecule has 1 amide bonds. The van der Waals surface area contributed by atoms with Crippen molar-refractivity contribution in [3.63, 3.8) is 0 Å². The van der Waals surface area contributed by atoms with E-state index in [9.17, 15) is 4.79 Å². The molecule has 1 fully saturated rings. The van der Waals surface area contributed by atoms with Gasteiger partial charge < -0.3 is 19.5 Å². The normalized spacial score (nSPS) is 14.7. The standard InChI is InChI=1S/C19H21NO4/c1-14(13-21)23-17-4-2-5-18(12-17)24-16-8-6-15(7-9-16)19(22)20-10-3-11-20/h2,4-9,12,14,21H,3,10-11,13H2,1H3/t14-/m0/s1. The number of aliphatic hydroxyl groups excluding tert-OH is 1. The van der Waals surface area contributed by atoms with Crippen LogP contribution in [0.15, 0.2) is 48.5 Å². The Morgan fingerprint density at radius 1 is 1.12 bits per heavy atom. The van der Waals surface area contributed by atoms with Gasteiger partial charge in [-0.05, 0) is 49.7 Å². The first-order chi connectivity index (χ1) is 11.7. The molecule has 0 saturated carbocycles. The highest BCUT2D eigenvalue weighted by atomic mass is 16.5. The Balaban J connectivity index is 1.65. The number of carbonyl (C=O) groups excluding carboxylic acids is 1. The summed E-state index contributed by atoms with van der Waals surface area (Å²) in [7, 11) is 0. The van der Waals surface area contributed by atoms with Crippen LogP contribution in [0.5, 0.6) is 17.2 Å². The average Bonchev–Trinajstić information content (AvgIpc) is 2.54. The summed E-state index contributed by atoms with van der Waals surface area (Å²) in [6, 6.07) is 14.4. The van der Waals surface area contributed by atoms with E-state index in [1.165, 1.54) is 0 Å². The van der Waals surface area contributed by atoms with Crippen LogP contribution in [0, 0.1) is 0 Å². The van der Waals surface area contributed by atoms with Crippen molar-refractivity contribution in [1.29, 1.82) is 0 Å². The Bertz CT molecular complexity index is 695. The maximum atomic E-state index is 12.1. The van der Waals surface area contributed by atoms with E-state index in [4.69, 9.17) is 14.6 Å². The van der Waals surface area contributed by atoms with Crippen molar-refractivity contribution in [1.82, 2.24) is 4.90 Å². The van der Waals surface area contributed by atoms with Gasteiger partial charge in [0.2, 0.25) is 0 Å². The Morgan fingerprint density at radius 3 is 2.46 bits per heavy atom. The highest BCUT2D eigenvalue weighted by Gasteiger charge is 2.21. The molecule has 0 spiro atoms. The molecule has 2 aromatic rings. The molecular weight excluding hydrogens is 306 g/mol. The molecule has 0 aliphatic carbocycles. The molecule has 0 unspecified atom stereocenters. The molecule has 1 aliphatic heterocycles. The summed E-state index contributed by atoms with van der Waals surface area (Å²) >= 11 is 0. The molecule has 1 N–H and O–H groups in total. The van der Waals surface area contributed by atoms with Crippen molar-refractivity contribution in [2.45, 2.75) is 19.4 Å². The van der Waals surface area contributed by atoms with E-state index in [0.717, 1.165) is 19.5 Å². The number of carbonyl (C=O) groups is 1. The summed E-state index contributed by atoms with van der Waals surface area (Å²) in [6.07, 6.45) is 0.812. The van der Waals surface area contributed by atoms with Crippen molar-refractivity contribution in [2.75, 3.05) is 19.7 Å². The molecule has 5 heteroatoms. The van der Waals surface area contributed by atoms with Crippen LogP contribution in [0.2, 0.25) is 0 Å². The van der Waals surface area contributed by atoms with Crippen LogP contribution < -0.4 is 9.47 Å². The topological polar surface area (TPSA) is 59.0 Å². The maximum Gasteiger partial charge on any atom is 0.253 e. The van der Waals surface area contributed by atoms with Crippen LogP contribution in [0.25, 0.3) is 0 Å².